The van der Waals surface area contributed by atoms with Crippen molar-refractivity contribution in [2.24, 2.45) is 0 Å². The first-order chi connectivity index (χ1) is 17.5. The molecule has 0 atom stereocenters. The molecule has 0 aliphatic carbocycles. The normalized spacial score (nSPS) is 11.3. The average molecular weight is 572 g/mol. The summed E-state index contributed by atoms with van der Waals surface area (Å²) < 4.78 is 0. The van der Waals surface area contributed by atoms with Crippen LogP contribution in [0.5, 0.6) is 0 Å². The summed E-state index contributed by atoms with van der Waals surface area (Å²) in [6.07, 6.45) is 21.9. The SMILES string of the molecule is CCCCCCCCCCc1cc(-c2cc(CCCCCCCCCC)c(C(=O)Cl)s2)sc1C(=O)Cl. The van der Waals surface area contributed by atoms with Crippen molar-refractivity contribution in [1.82, 2.24) is 0 Å². The number of thiophene rings is 2. The lowest BCUT2D eigenvalue weighted by atomic mass is 10.0. The molecule has 0 N–H and O–H groups in total. The second-order valence-corrected chi connectivity index (χ2v) is 12.7. The van der Waals surface area contributed by atoms with E-state index in [4.69, 9.17) is 23.2 Å². The molecule has 2 aromatic heterocycles. The molecule has 0 fully saturated rings. The van der Waals surface area contributed by atoms with Crippen LogP contribution in [0.25, 0.3) is 9.75 Å². The summed E-state index contributed by atoms with van der Waals surface area (Å²) in [5, 5.41) is -0.768. The van der Waals surface area contributed by atoms with Gasteiger partial charge in [-0.25, -0.2) is 0 Å². The van der Waals surface area contributed by atoms with Gasteiger partial charge in [0.25, 0.3) is 10.5 Å². The van der Waals surface area contributed by atoms with Crippen LogP contribution in [0, 0.1) is 0 Å². The number of unbranched alkanes of at least 4 members (excludes halogenated alkanes) is 14. The zero-order valence-corrected chi connectivity index (χ0v) is 25.4. The van der Waals surface area contributed by atoms with Crippen molar-refractivity contribution >= 4 is 56.4 Å². The van der Waals surface area contributed by atoms with Crippen LogP contribution in [0.1, 0.15) is 147 Å². The molecule has 0 aromatic carbocycles. The number of aryl methyl sites for hydroxylation is 2. The van der Waals surface area contributed by atoms with E-state index < -0.39 is 0 Å². The van der Waals surface area contributed by atoms with Gasteiger partial charge in [-0.15, -0.1) is 22.7 Å². The van der Waals surface area contributed by atoms with E-state index in [2.05, 4.69) is 26.0 Å². The Balaban J connectivity index is 1.94. The summed E-state index contributed by atoms with van der Waals surface area (Å²) in [4.78, 5) is 27.6. The molecule has 36 heavy (non-hydrogen) atoms. The van der Waals surface area contributed by atoms with Gasteiger partial charge in [0.05, 0.1) is 9.75 Å². The van der Waals surface area contributed by atoms with Crippen LogP contribution in [-0.4, -0.2) is 10.5 Å². The van der Waals surface area contributed by atoms with Crippen LogP contribution >= 0.6 is 45.9 Å². The minimum Gasteiger partial charge on any atom is -0.275 e. The van der Waals surface area contributed by atoms with Gasteiger partial charge in [-0.3, -0.25) is 9.59 Å². The van der Waals surface area contributed by atoms with Crippen molar-refractivity contribution < 1.29 is 9.59 Å². The summed E-state index contributed by atoms with van der Waals surface area (Å²) in [5.74, 6) is 0. The Morgan fingerprint density at radius 3 is 1.17 bits per heavy atom. The Hall–Kier alpha value is -0.680. The van der Waals surface area contributed by atoms with Crippen molar-refractivity contribution in [3.63, 3.8) is 0 Å². The van der Waals surface area contributed by atoms with Gasteiger partial charge < -0.3 is 0 Å². The van der Waals surface area contributed by atoms with E-state index in [0.29, 0.717) is 9.75 Å². The molecule has 0 amide bonds. The summed E-state index contributed by atoms with van der Waals surface area (Å²) in [6, 6.07) is 4.21. The molecule has 0 saturated carbocycles. The molecule has 0 unspecified atom stereocenters. The minimum atomic E-state index is -0.384. The fourth-order valence-electron chi connectivity index (χ4n) is 4.70. The van der Waals surface area contributed by atoms with Crippen molar-refractivity contribution in [3.05, 3.63) is 33.0 Å². The highest BCUT2D eigenvalue weighted by molar-refractivity contribution is 7.25. The number of hydrogen-bond acceptors (Lipinski definition) is 4. The van der Waals surface area contributed by atoms with E-state index in [-0.39, 0.29) is 10.5 Å². The lowest BCUT2D eigenvalue weighted by molar-refractivity contribution is 0.107. The largest absolute Gasteiger partial charge is 0.275 e. The molecule has 202 valence electrons. The Bertz CT molecular complexity index is 842. The maximum Gasteiger partial charge on any atom is 0.262 e. The van der Waals surface area contributed by atoms with Gasteiger partial charge in [-0.2, -0.15) is 0 Å². The third kappa shape index (κ3) is 11.4. The Labute approximate surface area is 237 Å². The van der Waals surface area contributed by atoms with Crippen LogP contribution in [0.3, 0.4) is 0 Å². The van der Waals surface area contributed by atoms with E-state index in [0.717, 1.165) is 46.6 Å². The molecule has 2 rings (SSSR count). The topological polar surface area (TPSA) is 34.1 Å². The standard InChI is InChI=1S/C30H44Cl2O2S2/c1-3-5-7-9-11-13-15-17-19-23-21-25(35-27(23)29(31)33)26-22-24(28(36-26)30(32)34)20-18-16-14-12-10-8-6-4-2/h21-22H,3-20H2,1-2H3. The lowest BCUT2D eigenvalue weighted by Crippen LogP contribution is -1.92. The summed E-state index contributed by atoms with van der Waals surface area (Å²) in [6.45, 7) is 4.49. The van der Waals surface area contributed by atoms with Gasteiger partial charge in [-0.05, 0) is 72.1 Å². The number of hydrogen-bond donors (Lipinski definition) is 0. The summed E-state index contributed by atoms with van der Waals surface area (Å²) in [7, 11) is 0. The number of carbonyl (C=O) groups excluding carboxylic acids is 2. The van der Waals surface area contributed by atoms with Gasteiger partial charge in [0, 0.05) is 9.75 Å². The quantitative estimate of drug-likeness (QED) is 0.110. The first-order valence-electron chi connectivity index (χ1n) is 14.1. The van der Waals surface area contributed by atoms with E-state index in [9.17, 15) is 9.59 Å². The van der Waals surface area contributed by atoms with Crippen molar-refractivity contribution in [3.8, 4) is 9.75 Å². The number of rotatable bonds is 21. The smallest absolute Gasteiger partial charge is 0.262 e. The Kier molecular flexibility index (Phi) is 16.3. The fraction of sp³-hybridized carbons (Fsp3) is 0.667. The molecule has 0 aliphatic rings. The molecule has 6 heteroatoms. The first-order valence-corrected chi connectivity index (χ1v) is 16.5. The third-order valence-electron chi connectivity index (χ3n) is 6.82. The Morgan fingerprint density at radius 1 is 0.556 bits per heavy atom. The van der Waals surface area contributed by atoms with Crippen molar-refractivity contribution in [2.75, 3.05) is 0 Å². The van der Waals surface area contributed by atoms with Crippen LogP contribution < -0.4 is 0 Å². The van der Waals surface area contributed by atoms with Crippen LogP contribution in [-0.2, 0) is 12.8 Å². The van der Waals surface area contributed by atoms with Gasteiger partial charge in [0.2, 0.25) is 0 Å². The van der Waals surface area contributed by atoms with Gasteiger partial charge in [0.1, 0.15) is 0 Å². The molecule has 2 heterocycles. The zero-order valence-electron chi connectivity index (χ0n) is 22.3. The van der Waals surface area contributed by atoms with Gasteiger partial charge in [-0.1, -0.05) is 104 Å². The fourth-order valence-corrected chi connectivity index (χ4v) is 7.33. The molecular formula is C30H44Cl2O2S2. The molecule has 2 aromatic rings. The minimum absolute atomic E-state index is 0.384. The van der Waals surface area contributed by atoms with Crippen LogP contribution in [0.4, 0.5) is 0 Å². The predicted molar refractivity (Wildman–Crippen MR) is 161 cm³/mol. The molecule has 0 aliphatic heterocycles. The van der Waals surface area contributed by atoms with E-state index in [1.807, 2.05) is 0 Å². The average Bonchev–Trinajstić information content (AvgIpc) is 3.47. The number of carbonyl (C=O) groups is 2. The monoisotopic (exact) mass is 570 g/mol. The molecule has 2 nitrogen and oxygen atoms in total. The third-order valence-corrected chi connectivity index (χ3v) is 9.97. The first kappa shape index (κ1) is 31.5. The van der Waals surface area contributed by atoms with Crippen molar-refractivity contribution in [1.29, 1.82) is 0 Å². The highest BCUT2D eigenvalue weighted by Crippen LogP contribution is 2.39. The van der Waals surface area contributed by atoms with E-state index in [1.165, 1.54) is 113 Å². The van der Waals surface area contributed by atoms with Gasteiger partial charge >= 0.3 is 0 Å². The molecular weight excluding hydrogens is 527 g/mol. The van der Waals surface area contributed by atoms with E-state index in [1.54, 1.807) is 0 Å². The Morgan fingerprint density at radius 2 is 0.861 bits per heavy atom. The van der Waals surface area contributed by atoms with Crippen LogP contribution in [0.2, 0.25) is 0 Å². The molecule has 0 bridgehead atoms. The maximum absolute atomic E-state index is 12.1. The second kappa shape index (κ2) is 18.6. The second-order valence-electron chi connectivity index (χ2n) is 9.93. The number of halogens is 2. The van der Waals surface area contributed by atoms with Crippen molar-refractivity contribution in [2.45, 2.75) is 129 Å². The maximum atomic E-state index is 12.1. The van der Waals surface area contributed by atoms with Crippen LogP contribution in [0.15, 0.2) is 12.1 Å². The highest BCUT2D eigenvalue weighted by atomic mass is 35.5. The molecule has 0 saturated heterocycles. The lowest BCUT2D eigenvalue weighted by Gasteiger charge is -2.02. The highest BCUT2D eigenvalue weighted by Gasteiger charge is 2.20. The van der Waals surface area contributed by atoms with Gasteiger partial charge in [0.15, 0.2) is 0 Å². The molecule has 0 spiro atoms. The summed E-state index contributed by atoms with van der Waals surface area (Å²) >= 11 is 14.8. The summed E-state index contributed by atoms with van der Waals surface area (Å²) in [5.41, 5.74) is 2.08. The predicted octanol–water partition coefficient (Wildman–Crippen LogP) is 11.6. The van der Waals surface area contributed by atoms with E-state index >= 15 is 0 Å². The molecule has 0 radical (unpaired) electrons. The zero-order chi connectivity index (χ0) is 26.2.